The smallest absolute Gasteiger partial charge is 0.241 e. The van der Waals surface area contributed by atoms with Crippen molar-refractivity contribution in [3.05, 3.63) is 64.1 Å². The summed E-state index contributed by atoms with van der Waals surface area (Å²) < 4.78 is 6.50. The van der Waals surface area contributed by atoms with Gasteiger partial charge in [-0.1, -0.05) is 40.2 Å². The molecule has 0 spiro atoms. The van der Waals surface area contributed by atoms with Crippen LogP contribution in [0.15, 0.2) is 53.0 Å². The first-order valence-electron chi connectivity index (χ1n) is 8.80. The van der Waals surface area contributed by atoms with E-state index in [-0.39, 0.29) is 18.0 Å². The van der Waals surface area contributed by atoms with E-state index in [1.807, 2.05) is 50.4 Å². The van der Waals surface area contributed by atoms with Crippen LogP contribution in [0.3, 0.4) is 0 Å². The molecule has 1 aliphatic rings. The lowest BCUT2D eigenvalue weighted by atomic mass is 10.0. The molecule has 5 nitrogen and oxygen atoms in total. The number of hydrogen-bond acceptors (Lipinski definition) is 4. The van der Waals surface area contributed by atoms with Gasteiger partial charge in [-0.15, -0.1) is 0 Å². The Morgan fingerprint density at radius 2 is 1.85 bits per heavy atom. The van der Waals surface area contributed by atoms with Gasteiger partial charge < -0.3 is 9.64 Å². The lowest BCUT2D eigenvalue weighted by Gasteiger charge is -2.21. The molecule has 6 heteroatoms. The van der Waals surface area contributed by atoms with E-state index < -0.39 is 0 Å². The fourth-order valence-electron chi connectivity index (χ4n) is 3.11. The van der Waals surface area contributed by atoms with E-state index in [1.54, 1.807) is 4.90 Å². The van der Waals surface area contributed by atoms with E-state index in [0.717, 1.165) is 22.2 Å². The first-order chi connectivity index (χ1) is 12.6. The van der Waals surface area contributed by atoms with Gasteiger partial charge in [0, 0.05) is 24.1 Å². The number of hydrogen-bond donors (Lipinski definition) is 2. The highest BCUT2D eigenvalue weighted by Crippen LogP contribution is 2.24. The maximum atomic E-state index is 12.7. The average Bonchev–Trinajstić information content (AvgIpc) is 3.13. The molecule has 2 unspecified atom stereocenters. The monoisotopic (exact) mass is 417 g/mol. The van der Waals surface area contributed by atoms with Crippen molar-refractivity contribution in [2.75, 3.05) is 13.7 Å². The SMILES string of the molecule is CCOc1ccc(CN(C)C(=O)C2CC(c3ccc(Br)cc3)NN2)cc1. The summed E-state index contributed by atoms with van der Waals surface area (Å²) in [4.78, 5) is 14.5. The van der Waals surface area contributed by atoms with Crippen LogP contribution in [0.2, 0.25) is 0 Å². The van der Waals surface area contributed by atoms with Gasteiger partial charge in [0.05, 0.1) is 6.61 Å². The van der Waals surface area contributed by atoms with Gasteiger partial charge in [-0.3, -0.25) is 4.79 Å². The molecule has 1 saturated heterocycles. The van der Waals surface area contributed by atoms with Crippen LogP contribution in [0.25, 0.3) is 0 Å². The molecule has 1 fully saturated rings. The van der Waals surface area contributed by atoms with Crippen LogP contribution in [0.5, 0.6) is 5.75 Å². The zero-order valence-corrected chi connectivity index (χ0v) is 16.6. The Balaban J connectivity index is 1.56. The molecule has 2 aromatic carbocycles. The Hall–Kier alpha value is -1.89. The molecule has 0 aromatic heterocycles. The minimum Gasteiger partial charge on any atom is -0.494 e. The van der Waals surface area contributed by atoms with Gasteiger partial charge in [0.1, 0.15) is 11.8 Å². The number of rotatable bonds is 6. The third-order valence-electron chi connectivity index (χ3n) is 4.50. The summed E-state index contributed by atoms with van der Waals surface area (Å²) in [6.07, 6.45) is 0.730. The fraction of sp³-hybridized carbons (Fsp3) is 0.350. The van der Waals surface area contributed by atoms with Crippen molar-refractivity contribution in [1.82, 2.24) is 15.8 Å². The zero-order valence-electron chi connectivity index (χ0n) is 15.0. The van der Waals surface area contributed by atoms with E-state index in [9.17, 15) is 4.79 Å². The number of hydrazine groups is 1. The maximum Gasteiger partial charge on any atom is 0.241 e. The average molecular weight is 418 g/mol. The first-order valence-corrected chi connectivity index (χ1v) is 9.59. The largest absolute Gasteiger partial charge is 0.494 e. The van der Waals surface area contributed by atoms with Gasteiger partial charge in [-0.25, -0.2) is 10.9 Å². The molecule has 138 valence electrons. The van der Waals surface area contributed by atoms with Crippen LogP contribution in [-0.4, -0.2) is 30.5 Å². The van der Waals surface area contributed by atoms with Crippen LogP contribution >= 0.6 is 15.9 Å². The second-order valence-corrected chi connectivity index (χ2v) is 7.37. The Labute approximate surface area is 162 Å². The number of likely N-dealkylation sites (N-methyl/N-ethyl adjacent to an activating group) is 1. The summed E-state index contributed by atoms with van der Waals surface area (Å²) in [5, 5.41) is 0. The van der Waals surface area contributed by atoms with Crippen LogP contribution in [0.1, 0.15) is 30.5 Å². The molecule has 0 bridgehead atoms. The number of nitrogens with zero attached hydrogens (tertiary/aromatic N) is 1. The highest BCUT2D eigenvalue weighted by atomic mass is 79.9. The van der Waals surface area contributed by atoms with E-state index in [4.69, 9.17) is 4.74 Å². The number of halogens is 1. The number of amides is 1. The van der Waals surface area contributed by atoms with Crippen molar-refractivity contribution >= 4 is 21.8 Å². The summed E-state index contributed by atoms with van der Waals surface area (Å²) in [6, 6.07) is 16.0. The van der Waals surface area contributed by atoms with Gasteiger partial charge in [0.25, 0.3) is 0 Å². The number of carbonyl (C=O) groups excluding carboxylic acids is 1. The fourth-order valence-corrected chi connectivity index (χ4v) is 3.37. The highest BCUT2D eigenvalue weighted by molar-refractivity contribution is 9.10. The molecule has 1 amide bonds. The quantitative estimate of drug-likeness (QED) is 0.755. The Kier molecular flexibility index (Phi) is 6.29. The molecular formula is C20H24BrN3O2. The van der Waals surface area contributed by atoms with Gasteiger partial charge in [-0.05, 0) is 48.7 Å². The van der Waals surface area contributed by atoms with Crippen molar-refractivity contribution in [1.29, 1.82) is 0 Å². The zero-order chi connectivity index (χ0) is 18.5. The van der Waals surface area contributed by atoms with Crippen LogP contribution in [0.4, 0.5) is 0 Å². The standard InChI is InChI=1S/C20H24BrN3O2/c1-3-26-17-10-4-14(5-11-17)13-24(2)20(25)19-12-18(22-23-19)15-6-8-16(21)9-7-15/h4-11,18-19,22-23H,3,12-13H2,1-2H3. The normalized spacial score (nSPS) is 19.3. The van der Waals surface area contributed by atoms with Crippen molar-refractivity contribution in [3.8, 4) is 5.75 Å². The molecule has 0 saturated carbocycles. The predicted octanol–water partition coefficient (Wildman–Crippen LogP) is 3.41. The predicted molar refractivity (Wildman–Crippen MR) is 106 cm³/mol. The first kappa shape index (κ1) is 18.9. The van der Waals surface area contributed by atoms with Gasteiger partial charge in [0.2, 0.25) is 5.91 Å². The summed E-state index contributed by atoms with van der Waals surface area (Å²) in [6.45, 7) is 3.19. The molecule has 0 aliphatic carbocycles. The number of nitrogens with one attached hydrogen (secondary N) is 2. The third-order valence-corrected chi connectivity index (χ3v) is 5.03. The molecule has 2 N–H and O–H groups in total. The molecule has 2 aromatic rings. The summed E-state index contributed by atoms with van der Waals surface area (Å²) >= 11 is 3.45. The summed E-state index contributed by atoms with van der Waals surface area (Å²) in [7, 11) is 1.84. The number of ether oxygens (including phenoxy) is 1. The van der Waals surface area contributed by atoms with Crippen molar-refractivity contribution in [2.45, 2.75) is 32.0 Å². The minimum absolute atomic E-state index is 0.0889. The van der Waals surface area contributed by atoms with E-state index in [2.05, 4.69) is 38.9 Å². The van der Waals surface area contributed by atoms with E-state index in [1.165, 1.54) is 5.56 Å². The molecule has 1 aliphatic heterocycles. The van der Waals surface area contributed by atoms with Crippen LogP contribution in [-0.2, 0) is 11.3 Å². The Morgan fingerprint density at radius 3 is 2.50 bits per heavy atom. The Morgan fingerprint density at radius 1 is 1.15 bits per heavy atom. The van der Waals surface area contributed by atoms with Crippen molar-refractivity contribution in [2.24, 2.45) is 0 Å². The number of carbonyl (C=O) groups is 1. The topological polar surface area (TPSA) is 53.6 Å². The van der Waals surface area contributed by atoms with E-state index in [0.29, 0.717) is 13.2 Å². The molecular weight excluding hydrogens is 394 g/mol. The lowest BCUT2D eigenvalue weighted by Crippen LogP contribution is -2.43. The molecule has 2 atom stereocenters. The van der Waals surface area contributed by atoms with Gasteiger partial charge >= 0.3 is 0 Å². The van der Waals surface area contributed by atoms with Crippen LogP contribution in [0, 0.1) is 0 Å². The Bertz CT molecular complexity index is 734. The second-order valence-electron chi connectivity index (χ2n) is 6.45. The summed E-state index contributed by atoms with van der Waals surface area (Å²) in [5.74, 6) is 0.940. The molecule has 3 rings (SSSR count). The molecule has 0 radical (unpaired) electrons. The lowest BCUT2D eigenvalue weighted by molar-refractivity contribution is -0.132. The van der Waals surface area contributed by atoms with Gasteiger partial charge in [-0.2, -0.15) is 0 Å². The molecule has 26 heavy (non-hydrogen) atoms. The minimum atomic E-state index is -0.226. The number of benzene rings is 2. The molecule has 1 heterocycles. The van der Waals surface area contributed by atoms with Crippen molar-refractivity contribution in [3.63, 3.8) is 0 Å². The second kappa shape index (κ2) is 8.66. The van der Waals surface area contributed by atoms with Crippen LogP contribution < -0.4 is 15.6 Å². The maximum absolute atomic E-state index is 12.7. The highest BCUT2D eigenvalue weighted by Gasteiger charge is 2.31. The summed E-state index contributed by atoms with van der Waals surface area (Å²) in [5.41, 5.74) is 8.63. The third kappa shape index (κ3) is 4.63. The van der Waals surface area contributed by atoms with Gasteiger partial charge in [0.15, 0.2) is 0 Å². The van der Waals surface area contributed by atoms with Crippen molar-refractivity contribution < 1.29 is 9.53 Å². The van der Waals surface area contributed by atoms with E-state index >= 15 is 0 Å².